The van der Waals surface area contributed by atoms with Gasteiger partial charge in [-0.25, -0.2) is 6.57 Å². The van der Waals surface area contributed by atoms with Gasteiger partial charge in [0.1, 0.15) is 10.5 Å². The molecule has 3 amide bonds. The maximum absolute atomic E-state index is 13.1. The van der Waals surface area contributed by atoms with Gasteiger partial charge in [-0.2, -0.15) is 4.68 Å². The first-order chi connectivity index (χ1) is 19.6. The minimum atomic E-state index is -0.815. The summed E-state index contributed by atoms with van der Waals surface area (Å²) < 4.78 is 1.78. The molecule has 1 fully saturated rings. The second-order valence-corrected chi connectivity index (χ2v) is 11.2. The van der Waals surface area contributed by atoms with E-state index in [1.807, 2.05) is 31.3 Å². The minimum absolute atomic E-state index is 0.00950. The van der Waals surface area contributed by atoms with Crippen LogP contribution in [0, 0.1) is 12.5 Å². The van der Waals surface area contributed by atoms with Crippen molar-refractivity contribution in [3.63, 3.8) is 0 Å². The lowest BCUT2D eigenvalue weighted by atomic mass is 9.66. The molecule has 5 rings (SSSR count). The number of nitrogens with zero attached hydrogens (tertiary/aromatic N) is 5. The van der Waals surface area contributed by atoms with Gasteiger partial charge in [0.25, 0.3) is 0 Å². The number of tetrazole rings is 1. The van der Waals surface area contributed by atoms with Crippen LogP contribution in [0.1, 0.15) is 87.8 Å². The number of hydrogen-bond donors (Lipinski definition) is 3. The molecule has 1 saturated heterocycles. The lowest BCUT2D eigenvalue weighted by molar-refractivity contribution is -0.740. The second kappa shape index (κ2) is 11.1. The largest absolute Gasteiger partial charge is 0.366 e. The summed E-state index contributed by atoms with van der Waals surface area (Å²) in [4.78, 5) is 42.7. The first-order valence-electron chi connectivity index (χ1n) is 14.0. The molecule has 1 aliphatic heterocycles. The summed E-state index contributed by atoms with van der Waals surface area (Å²) in [5, 5.41) is 11.6. The van der Waals surface area contributed by atoms with Crippen LogP contribution in [0.25, 0.3) is 4.85 Å². The number of likely N-dealkylation sites (tertiary alicyclic amines) is 1. The fourth-order valence-corrected chi connectivity index (χ4v) is 6.64. The maximum Gasteiger partial charge on any atom is 0.315 e. The van der Waals surface area contributed by atoms with E-state index in [2.05, 4.69) is 27.3 Å². The molecule has 0 radical (unpaired) electrons. The van der Waals surface area contributed by atoms with E-state index in [1.165, 1.54) is 0 Å². The Balaban J connectivity index is 1.62. The quantitative estimate of drug-likeness (QED) is 0.286. The van der Waals surface area contributed by atoms with Gasteiger partial charge in [0.2, 0.25) is 17.7 Å². The van der Waals surface area contributed by atoms with Gasteiger partial charge in [0.05, 0.1) is 7.05 Å². The van der Waals surface area contributed by atoms with Crippen LogP contribution in [0.2, 0.25) is 0 Å². The van der Waals surface area contributed by atoms with Crippen LogP contribution in [0.15, 0.2) is 36.4 Å². The van der Waals surface area contributed by atoms with Crippen molar-refractivity contribution in [2.75, 3.05) is 6.54 Å². The first-order valence-corrected chi connectivity index (χ1v) is 14.0. The Kier molecular flexibility index (Phi) is 7.58. The van der Waals surface area contributed by atoms with Crippen LogP contribution < -0.4 is 16.1 Å². The molecule has 2 aliphatic rings. The Hall–Kier alpha value is -4.59. The zero-order valence-electron chi connectivity index (χ0n) is 23.4. The lowest BCUT2D eigenvalue weighted by Crippen LogP contribution is -2.46. The first kappa shape index (κ1) is 28.0. The van der Waals surface area contributed by atoms with Gasteiger partial charge in [-0.3, -0.25) is 24.1 Å². The van der Waals surface area contributed by atoms with E-state index >= 15 is 0 Å². The molecule has 212 valence electrons. The number of nitrogens with one attached hydrogen (secondary N) is 1. The summed E-state index contributed by atoms with van der Waals surface area (Å²) >= 11 is 0. The van der Waals surface area contributed by atoms with Crippen molar-refractivity contribution in [1.29, 1.82) is 0 Å². The number of hydrogen-bond acceptors (Lipinski definition) is 5. The number of primary amides is 2. The number of carbonyl (C=O) groups excluding carboxylic acids is 3. The standard InChI is InChI=1S/C30H34N8O3/c1-18(6-13-26(39)38-14-4-5-25(38)33-2)17-30(29-34-35-36-37(29)3)23-11-9-21(27(31)40)15-19(23)7-8-20-16-22(28(32)41)10-12-24(20)30/h9-12,15-16,18,25H,4-8,13-14,17H2,1,3H3,(H4,31,32,40,41)/p+1/t18-,25+/m1/s1. The summed E-state index contributed by atoms with van der Waals surface area (Å²) in [5.41, 5.74) is 15.2. The molecule has 0 saturated carbocycles. The van der Waals surface area contributed by atoms with Gasteiger partial charge in [0, 0.05) is 30.5 Å². The predicted molar refractivity (Wildman–Crippen MR) is 149 cm³/mol. The molecule has 2 atom stereocenters. The average molecular weight is 556 g/mol. The molecule has 0 unspecified atom stereocenters. The molecule has 41 heavy (non-hydrogen) atoms. The smallest absolute Gasteiger partial charge is 0.315 e. The van der Waals surface area contributed by atoms with Gasteiger partial charge in [0.15, 0.2) is 5.21 Å². The highest BCUT2D eigenvalue weighted by molar-refractivity contribution is 5.94. The number of fused-ring (bicyclic) bond motifs is 2. The van der Waals surface area contributed by atoms with E-state index in [9.17, 15) is 14.4 Å². The molecule has 11 heteroatoms. The molecular formula is C30H35N8O3+. The monoisotopic (exact) mass is 555 g/mol. The topological polar surface area (TPSA) is 156 Å². The van der Waals surface area contributed by atoms with Crippen molar-refractivity contribution in [1.82, 2.24) is 20.4 Å². The highest BCUT2D eigenvalue weighted by Crippen LogP contribution is 2.48. The maximum atomic E-state index is 13.1. The summed E-state index contributed by atoms with van der Waals surface area (Å²) in [7, 11) is 1.85. The van der Waals surface area contributed by atoms with Crippen LogP contribution in [0.4, 0.5) is 0 Å². The second-order valence-electron chi connectivity index (χ2n) is 11.2. The van der Waals surface area contributed by atoms with Crippen molar-refractivity contribution in [3.8, 4) is 0 Å². The van der Waals surface area contributed by atoms with Crippen LogP contribution in [-0.2, 0) is 30.1 Å². The fourth-order valence-electron chi connectivity index (χ4n) is 6.64. The van der Waals surface area contributed by atoms with E-state index in [-0.39, 0.29) is 18.0 Å². The normalized spacial score (nSPS) is 18.1. The van der Waals surface area contributed by atoms with E-state index < -0.39 is 17.2 Å². The SMILES string of the molecule is [C-]#[N+][C@@H]1CCCN1C(=O)CC[C@@H](C)CC1(c2nn[nH][n+]2C)c2ccc(C(N)=O)cc2CCc2cc(C(N)=O)ccc21. The molecular weight excluding hydrogens is 520 g/mol. The third kappa shape index (κ3) is 5.06. The van der Waals surface area contributed by atoms with E-state index in [4.69, 9.17) is 18.0 Å². The Bertz CT molecular complexity index is 1490. The Morgan fingerprint density at radius 2 is 1.73 bits per heavy atom. The zero-order valence-corrected chi connectivity index (χ0v) is 23.4. The third-order valence-electron chi connectivity index (χ3n) is 8.60. The lowest BCUT2D eigenvalue weighted by Gasteiger charge is -2.35. The fraction of sp³-hybridized carbons (Fsp3) is 0.433. The van der Waals surface area contributed by atoms with Crippen molar-refractivity contribution < 1.29 is 19.1 Å². The highest BCUT2D eigenvalue weighted by atomic mass is 16.2. The number of aromatic nitrogens is 4. The molecule has 0 spiro atoms. The summed E-state index contributed by atoms with van der Waals surface area (Å²) in [6.07, 6.45) is 4.00. The van der Waals surface area contributed by atoms with Crippen LogP contribution >= 0.6 is 0 Å². The number of nitrogens with two attached hydrogens (primary N) is 2. The van der Waals surface area contributed by atoms with Gasteiger partial charge in [-0.1, -0.05) is 24.3 Å². The zero-order chi connectivity index (χ0) is 29.3. The van der Waals surface area contributed by atoms with E-state index in [0.717, 1.165) is 35.1 Å². The molecule has 1 aromatic heterocycles. The van der Waals surface area contributed by atoms with E-state index in [1.54, 1.807) is 21.7 Å². The van der Waals surface area contributed by atoms with Gasteiger partial charge in [-0.05, 0) is 84.5 Å². The molecule has 1 aliphatic carbocycles. The van der Waals surface area contributed by atoms with Crippen LogP contribution in [0.5, 0.6) is 0 Å². The van der Waals surface area contributed by atoms with Crippen molar-refractivity contribution in [2.45, 2.75) is 63.5 Å². The number of rotatable bonds is 8. The molecule has 3 aromatic rings. The van der Waals surface area contributed by atoms with Crippen LogP contribution in [-0.4, -0.2) is 50.9 Å². The Morgan fingerprint density at radius 3 is 2.24 bits per heavy atom. The Morgan fingerprint density at radius 1 is 1.12 bits per heavy atom. The number of benzene rings is 2. The van der Waals surface area contributed by atoms with Gasteiger partial charge in [-0.15, -0.1) is 0 Å². The highest BCUT2D eigenvalue weighted by Gasteiger charge is 2.49. The van der Waals surface area contributed by atoms with Gasteiger partial charge >= 0.3 is 12.0 Å². The van der Waals surface area contributed by atoms with Crippen molar-refractivity contribution >= 4 is 17.7 Å². The third-order valence-corrected chi connectivity index (χ3v) is 8.60. The number of carbonyl (C=O) groups is 3. The van der Waals surface area contributed by atoms with E-state index in [0.29, 0.717) is 55.6 Å². The van der Waals surface area contributed by atoms with Crippen molar-refractivity contribution in [2.24, 2.45) is 24.4 Å². The predicted octanol–water partition coefficient (Wildman–Crippen LogP) is 1.93. The van der Waals surface area contributed by atoms with Gasteiger partial charge < -0.3 is 11.5 Å². The summed E-state index contributed by atoms with van der Waals surface area (Å²) in [6.45, 7) is 10.2. The van der Waals surface area contributed by atoms with Crippen molar-refractivity contribution in [3.05, 3.63) is 87.0 Å². The molecule has 2 aromatic carbocycles. The molecule has 2 heterocycles. The molecule has 0 bridgehead atoms. The summed E-state index contributed by atoms with van der Waals surface area (Å²) in [5.74, 6) is -0.277. The van der Waals surface area contributed by atoms with Crippen LogP contribution in [0.3, 0.4) is 0 Å². The number of aromatic amines is 1. The number of H-pyrrole nitrogens is 1. The summed E-state index contributed by atoms with van der Waals surface area (Å²) in [6, 6.07) is 11.1. The Labute approximate surface area is 238 Å². The molecule has 11 nitrogen and oxygen atoms in total. The molecule has 5 N–H and O–H groups in total. The number of aryl methyl sites for hydroxylation is 3. The average Bonchev–Trinajstić information content (AvgIpc) is 3.59. The minimum Gasteiger partial charge on any atom is -0.366 e. The number of amides is 3.